The van der Waals surface area contributed by atoms with Crippen LogP contribution in [-0.2, 0) is 18.9 Å². The summed E-state index contributed by atoms with van der Waals surface area (Å²) >= 11 is 6.06. The first kappa shape index (κ1) is 23.0. The first-order chi connectivity index (χ1) is 15.9. The number of rotatable bonds is 3. The van der Waals surface area contributed by atoms with Gasteiger partial charge in [0.15, 0.2) is 11.6 Å². The van der Waals surface area contributed by atoms with Crippen LogP contribution in [0.5, 0.6) is 0 Å². The molecule has 0 radical (unpaired) electrons. The van der Waals surface area contributed by atoms with Crippen LogP contribution in [0.4, 0.5) is 0 Å². The molecule has 5 nitrogen and oxygen atoms in total. The zero-order valence-electron chi connectivity index (χ0n) is 20.1. The van der Waals surface area contributed by atoms with Gasteiger partial charge in [0.2, 0.25) is 0 Å². The normalized spacial score (nSPS) is 48.0. The second-order valence-electron chi connectivity index (χ2n) is 11.9. The molecular weight excluding hydrogens is 440 g/mol. The second-order valence-corrected chi connectivity index (χ2v) is 12.1. The van der Waals surface area contributed by atoms with Crippen molar-refractivity contribution in [3.63, 3.8) is 0 Å². The molecular formula is C27H39ClO5. The van der Waals surface area contributed by atoms with Gasteiger partial charge in [-0.3, -0.25) is 0 Å². The summed E-state index contributed by atoms with van der Waals surface area (Å²) < 4.78 is 24.6. The van der Waals surface area contributed by atoms with Crippen molar-refractivity contribution in [1.82, 2.24) is 0 Å². The predicted octanol–water partition coefficient (Wildman–Crippen LogP) is 5.17. The molecule has 0 aromatic heterocycles. The molecule has 4 aliphatic carbocycles. The Balaban J connectivity index is 1.36. The van der Waals surface area contributed by atoms with Crippen molar-refractivity contribution in [1.29, 1.82) is 0 Å². The highest BCUT2D eigenvalue weighted by atomic mass is 35.5. The van der Waals surface area contributed by atoms with E-state index in [0.29, 0.717) is 38.3 Å². The Morgan fingerprint density at radius 2 is 1.79 bits per heavy atom. The molecule has 0 bridgehead atoms. The fourth-order valence-corrected chi connectivity index (χ4v) is 9.52. The number of fused-ring (bicyclic) bond motifs is 5. The maximum Gasteiger partial charge on any atom is 0.172 e. The zero-order chi connectivity index (χ0) is 22.9. The van der Waals surface area contributed by atoms with Crippen LogP contribution in [0.25, 0.3) is 0 Å². The molecule has 33 heavy (non-hydrogen) atoms. The lowest BCUT2D eigenvalue weighted by Crippen LogP contribution is -2.59. The van der Waals surface area contributed by atoms with E-state index in [1.54, 1.807) is 5.54 Å². The van der Waals surface area contributed by atoms with Crippen molar-refractivity contribution < 1.29 is 24.1 Å². The van der Waals surface area contributed by atoms with Crippen LogP contribution in [0.1, 0.15) is 65.2 Å². The molecule has 2 saturated heterocycles. The van der Waals surface area contributed by atoms with Crippen molar-refractivity contribution >= 4 is 11.6 Å². The second kappa shape index (κ2) is 8.04. The minimum absolute atomic E-state index is 0.0136. The third-order valence-corrected chi connectivity index (χ3v) is 10.8. The largest absolute Gasteiger partial charge is 0.393 e. The summed E-state index contributed by atoms with van der Waals surface area (Å²) in [6.45, 7) is 7.24. The zero-order valence-corrected chi connectivity index (χ0v) is 20.8. The van der Waals surface area contributed by atoms with E-state index in [9.17, 15) is 5.11 Å². The molecule has 2 heterocycles. The lowest BCUT2D eigenvalue weighted by molar-refractivity contribution is -0.231. The summed E-state index contributed by atoms with van der Waals surface area (Å²) in [6, 6.07) is 0. The summed E-state index contributed by atoms with van der Waals surface area (Å²) in [6.07, 6.45) is 12.0. The molecule has 0 unspecified atom stereocenters. The van der Waals surface area contributed by atoms with Crippen molar-refractivity contribution in [2.75, 3.05) is 26.4 Å². The standard InChI is InChI=1S/C27H39ClO5/c1-24-9-10-27(32-14-15-33-27)16-18(24)4-5-19-20-6-7-22(25(2)30-12-13-31-25)26(20,8-3-11-28)17-21(29)23(19)24/h3-4,11,19-23,29H,5-10,12-17H2,1-2H3/t19-,20-,21-,22+,23+,24-,26-/m0/s1. The molecule has 0 aromatic carbocycles. The van der Waals surface area contributed by atoms with Crippen molar-refractivity contribution in [3.8, 4) is 0 Å². The number of aliphatic hydroxyl groups excluding tert-OH is 1. The van der Waals surface area contributed by atoms with Crippen molar-refractivity contribution in [2.24, 2.45) is 34.5 Å². The summed E-state index contributed by atoms with van der Waals surface area (Å²) in [5.74, 6) is 0.589. The van der Waals surface area contributed by atoms with Gasteiger partial charge >= 0.3 is 0 Å². The number of ether oxygens (including phenoxy) is 4. The number of allylic oxidation sites excluding steroid dienone is 2. The van der Waals surface area contributed by atoms with Crippen molar-refractivity contribution in [2.45, 2.75) is 82.9 Å². The number of hydrogen-bond acceptors (Lipinski definition) is 5. The molecule has 0 aromatic rings. The van der Waals surface area contributed by atoms with Crippen LogP contribution in [0.15, 0.2) is 23.3 Å². The van der Waals surface area contributed by atoms with Gasteiger partial charge in [0.25, 0.3) is 0 Å². The lowest BCUT2D eigenvalue weighted by atomic mass is 9.45. The molecule has 5 fully saturated rings. The van der Waals surface area contributed by atoms with Gasteiger partial charge in [0, 0.05) is 24.3 Å². The monoisotopic (exact) mass is 478 g/mol. The van der Waals surface area contributed by atoms with Gasteiger partial charge in [-0.15, -0.1) is 0 Å². The van der Waals surface area contributed by atoms with Crippen LogP contribution in [-0.4, -0.2) is 49.2 Å². The maximum absolute atomic E-state index is 11.9. The molecule has 184 valence electrons. The van der Waals surface area contributed by atoms with E-state index < -0.39 is 11.6 Å². The number of aliphatic hydroxyl groups is 1. The fraction of sp³-hybridized carbons (Fsp3) is 0.852. The topological polar surface area (TPSA) is 57.2 Å². The Kier molecular flexibility index (Phi) is 5.60. The van der Waals surface area contributed by atoms with Crippen LogP contribution in [0, 0.1) is 34.5 Å². The Labute approximate surface area is 202 Å². The van der Waals surface area contributed by atoms with E-state index in [4.69, 9.17) is 30.5 Å². The Morgan fingerprint density at radius 1 is 1.06 bits per heavy atom. The van der Waals surface area contributed by atoms with E-state index >= 15 is 0 Å². The average molecular weight is 479 g/mol. The van der Waals surface area contributed by atoms with Gasteiger partial charge in [0.05, 0.1) is 32.5 Å². The minimum atomic E-state index is -0.560. The molecule has 2 aliphatic heterocycles. The fourth-order valence-electron chi connectivity index (χ4n) is 9.43. The van der Waals surface area contributed by atoms with Gasteiger partial charge in [-0.05, 0) is 74.0 Å². The summed E-state index contributed by atoms with van der Waals surface area (Å²) in [5.41, 5.74) is 3.08. The molecule has 0 amide bonds. The molecule has 1 spiro atoms. The molecule has 1 N–H and O–H groups in total. The van der Waals surface area contributed by atoms with E-state index in [2.05, 4.69) is 26.0 Å². The van der Waals surface area contributed by atoms with Gasteiger partial charge in [-0.25, -0.2) is 0 Å². The molecule has 3 saturated carbocycles. The van der Waals surface area contributed by atoms with Gasteiger partial charge in [-0.2, -0.15) is 0 Å². The number of halogens is 1. The van der Waals surface area contributed by atoms with E-state index in [1.807, 2.05) is 0 Å². The van der Waals surface area contributed by atoms with Crippen LogP contribution >= 0.6 is 11.6 Å². The molecule has 6 heteroatoms. The quantitative estimate of drug-likeness (QED) is 0.567. The Hall–Kier alpha value is -0.430. The van der Waals surface area contributed by atoms with Crippen molar-refractivity contribution in [3.05, 3.63) is 23.3 Å². The third-order valence-electron chi connectivity index (χ3n) is 10.7. The smallest absolute Gasteiger partial charge is 0.172 e. The lowest BCUT2D eigenvalue weighted by Gasteiger charge is -2.61. The SMILES string of the molecule is CC1([C@H]2CC[C@H]3[C@@H]4CC=C5CC6(CC[C@]5(C)[C@H]4[C@@H](O)C[C@]23CC=CCl)OCCO6)OCCO1. The Morgan fingerprint density at radius 3 is 2.52 bits per heavy atom. The minimum Gasteiger partial charge on any atom is -0.393 e. The molecule has 6 aliphatic rings. The van der Waals surface area contributed by atoms with Gasteiger partial charge < -0.3 is 24.1 Å². The average Bonchev–Trinajstić information content (AvgIpc) is 3.52. The molecule has 6 rings (SSSR count). The highest BCUT2D eigenvalue weighted by molar-refractivity contribution is 6.25. The van der Waals surface area contributed by atoms with Crippen LogP contribution in [0.3, 0.4) is 0 Å². The first-order valence-corrected chi connectivity index (χ1v) is 13.5. The van der Waals surface area contributed by atoms with Crippen LogP contribution < -0.4 is 0 Å². The van der Waals surface area contributed by atoms with E-state index in [0.717, 1.165) is 44.9 Å². The van der Waals surface area contributed by atoms with E-state index in [1.165, 1.54) is 12.0 Å². The summed E-state index contributed by atoms with van der Waals surface area (Å²) in [7, 11) is 0. The third kappa shape index (κ3) is 3.29. The molecule has 7 atom stereocenters. The van der Waals surface area contributed by atoms with Gasteiger partial charge in [-0.1, -0.05) is 36.2 Å². The van der Waals surface area contributed by atoms with Gasteiger partial charge in [0.1, 0.15) is 0 Å². The summed E-state index contributed by atoms with van der Waals surface area (Å²) in [4.78, 5) is 0. The Bertz CT molecular complexity index is 828. The van der Waals surface area contributed by atoms with E-state index in [-0.39, 0.29) is 28.8 Å². The highest BCUT2D eigenvalue weighted by Gasteiger charge is 2.67. The number of hydrogen-bond donors (Lipinski definition) is 1. The van der Waals surface area contributed by atoms with Crippen LogP contribution in [0.2, 0.25) is 0 Å². The first-order valence-electron chi connectivity index (χ1n) is 13.0. The predicted molar refractivity (Wildman–Crippen MR) is 125 cm³/mol. The highest BCUT2D eigenvalue weighted by Crippen LogP contribution is 2.70. The maximum atomic E-state index is 11.9. The summed E-state index contributed by atoms with van der Waals surface area (Å²) in [5, 5.41) is 11.9.